The van der Waals surface area contributed by atoms with Crippen LogP contribution in [0.25, 0.3) is 4.96 Å². The van der Waals surface area contributed by atoms with Gasteiger partial charge in [-0.15, -0.1) is 11.3 Å². The van der Waals surface area contributed by atoms with Gasteiger partial charge in [0.2, 0.25) is 0 Å². The van der Waals surface area contributed by atoms with E-state index in [0.29, 0.717) is 10.9 Å². The normalized spacial score (nSPS) is 12.4. The van der Waals surface area contributed by atoms with Crippen LogP contribution in [-0.2, 0) is 5.75 Å². The highest BCUT2D eigenvalue weighted by molar-refractivity contribution is 8.13. The van der Waals surface area contributed by atoms with Crippen molar-refractivity contribution in [1.82, 2.24) is 9.38 Å². The van der Waals surface area contributed by atoms with Crippen LogP contribution in [0.2, 0.25) is 0 Å². The molecular formula is C7H9N5S2. The highest BCUT2D eigenvalue weighted by Gasteiger charge is 2.03. The van der Waals surface area contributed by atoms with Crippen molar-refractivity contribution in [3.63, 3.8) is 0 Å². The van der Waals surface area contributed by atoms with Gasteiger partial charge in [-0.2, -0.15) is 5.10 Å². The van der Waals surface area contributed by atoms with Gasteiger partial charge in [0.15, 0.2) is 10.1 Å². The maximum Gasteiger partial charge on any atom is 0.193 e. The van der Waals surface area contributed by atoms with E-state index in [1.165, 1.54) is 11.8 Å². The molecule has 0 saturated heterocycles. The Balaban J connectivity index is 2.08. The van der Waals surface area contributed by atoms with Crippen LogP contribution in [0, 0.1) is 0 Å². The highest BCUT2D eigenvalue weighted by atomic mass is 32.2. The lowest BCUT2D eigenvalue weighted by molar-refractivity contribution is 1.21. The number of thioether (sulfide) groups is 1. The molecule has 0 unspecified atom stereocenters. The minimum Gasteiger partial charge on any atom is -0.377 e. The molecule has 0 radical (unpaired) electrons. The summed E-state index contributed by atoms with van der Waals surface area (Å²) in [6.45, 7) is 0. The molecule has 0 aliphatic rings. The highest BCUT2D eigenvalue weighted by Crippen LogP contribution is 2.15. The van der Waals surface area contributed by atoms with Crippen molar-refractivity contribution < 1.29 is 0 Å². The van der Waals surface area contributed by atoms with Crippen molar-refractivity contribution >= 4 is 33.2 Å². The lowest BCUT2D eigenvalue weighted by atomic mass is 10.6. The number of hydrazone groups is 1. The summed E-state index contributed by atoms with van der Waals surface area (Å²) in [5, 5.41) is 5.74. The average Bonchev–Trinajstić information content (AvgIpc) is 2.73. The minimum atomic E-state index is 0.376. The lowest BCUT2D eigenvalue weighted by Crippen LogP contribution is -2.09. The van der Waals surface area contributed by atoms with Gasteiger partial charge in [0.25, 0.3) is 0 Å². The first-order valence-corrected chi connectivity index (χ1v) is 5.73. The van der Waals surface area contributed by atoms with E-state index in [1.54, 1.807) is 11.3 Å². The van der Waals surface area contributed by atoms with E-state index in [9.17, 15) is 0 Å². The molecule has 74 valence electrons. The van der Waals surface area contributed by atoms with Gasteiger partial charge in [-0.3, -0.25) is 4.40 Å². The summed E-state index contributed by atoms with van der Waals surface area (Å²) in [6, 6.07) is 0. The maximum absolute atomic E-state index is 5.45. The number of thiazole rings is 1. The minimum absolute atomic E-state index is 0.376. The van der Waals surface area contributed by atoms with Crippen LogP contribution < -0.4 is 11.6 Å². The SMILES string of the molecule is N/N=C(/N)SCc1cn2ccsc2n1. The van der Waals surface area contributed by atoms with Crippen molar-refractivity contribution in [3.8, 4) is 0 Å². The van der Waals surface area contributed by atoms with Gasteiger partial charge in [0.05, 0.1) is 5.69 Å². The molecule has 0 aromatic carbocycles. The first kappa shape index (κ1) is 9.35. The molecule has 0 atom stereocenters. The third-order valence-corrected chi connectivity index (χ3v) is 3.25. The molecule has 0 amide bonds. The van der Waals surface area contributed by atoms with Gasteiger partial charge in [0, 0.05) is 23.5 Å². The second-order valence-corrected chi connectivity index (χ2v) is 4.45. The number of fused-ring (bicyclic) bond motifs is 1. The number of hydrogen-bond donors (Lipinski definition) is 2. The third kappa shape index (κ3) is 1.83. The van der Waals surface area contributed by atoms with Crippen LogP contribution in [0.3, 0.4) is 0 Å². The molecule has 0 aliphatic heterocycles. The molecule has 0 aliphatic carbocycles. The molecule has 0 saturated carbocycles. The largest absolute Gasteiger partial charge is 0.377 e. The molecule has 0 fully saturated rings. The fraction of sp³-hybridized carbons (Fsp3) is 0.143. The zero-order valence-corrected chi connectivity index (χ0v) is 8.88. The van der Waals surface area contributed by atoms with Gasteiger partial charge in [0.1, 0.15) is 0 Å². The zero-order valence-electron chi connectivity index (χ0n) is 7.25. The second kappa shape index (κ2) is 3.89. The van der Waals surface area contributed by atoms with E-state index >= 15 is 0 Å². The second-order valence-electron chi connectivity index (χ2n) is 2.58. The molecule has 4 N–H and O–H groups in total. The van der Waals surface area contributed by atoms with Gasteiger partial charge < -0.3 is 11.6 Å². The summed E-state index contributed by atoms with van der Waals surface area (Å²) in [7, 11) is 0. The van der Waals surface area contributed by atoms with E-state index in [2.05, 4.69) is 10.1 Å². The topological polar surface area (TPSA) is 81.7 Å². The van der Waals surface area contributed by atoms with Crippen molar-refractivity contribution in [3.05, 3.63) is 23.5 Å². The standard InChI is InChI=1S/C7H9N5S2/c8-6(11-9)14-4-5-3-12-1-2-13-7(12)10-5/h1-3H,4,9H2,(H2,8,11). The molecule has 2 aromatic heterocycles. The van der Waals surface area contributed by atoms with E-state index < -0.39 is 0 Å². The smallest absolute Gasteiger partial charge is 0.193 e. The Morgan fingerprint density at radius 1 is 1.71 bits per heavy atom. The van der Waals surface area contributed by atoms with Crippen molar-refractivity contribution in [2.24, 2.45) is 16.7 Å². The van der Waals surface area contributed by atoms with Crippen LogP contribution in [-0.4, -0.2) is 14.6 Å². The zero-order chi connectivity index (χ0) is 9.97. The quantitative estimate of drug-likeness (QED) is 0.344. The van der Waals surface area contributed by atoms with Crippen LogP contribution in [0.4, 0.5) is 0 Å². The maximum atomic E-state index is 5.45. The number of amidine groups is 1. The number of nitrogens with two attached hydrogens (primary N) is 2. The predicted molar refractivity (Wildman–Crippen MR) is 60.2 cm³/mol. The van der Waals surface area contributed by atoms with Gasteiger partial charge >= 0.3 is 0 Å². The summed E-state index contributed by atoms with van der Waals surface area (Å²) in [4.78, 5) is 5.38. The molecule has 2 heterocycles. The van der Waals surface area contributed by atoms with Gasteiger partial charge in [-0.25, -0.2) is 4.98 Å². The third-order valence-electron chi connectivity index (χ3n) is 1.64. The summed E-state index contributed by atoms with van der Waals surface area (Å²) >= 11 is 2.98. The molecule has 5 nitrogen and oxygen atoms in total. The molecule has 7 heteroatoms. The van der Waals surface area contributed by atoms with Crippen LogP contribution in [0.15, 0.2) is 22.9 Å². The summed E-state index contributed by atoms with van der Waals surface area (Å²) in [5.74, 6) is 5.71. The van der Waals surface area contributed by atoms with Crippen molar-refractivity contribution in [2.75, 3.05) is 0 Å². The Kier molecular flexibility index (Phi) is 2.60. The average molecular weight is 227 g/mol. The lowest BCUT2D eigenvalue weighted by Gasteiger charge is -1.94. The van der Waals surface area contributed by atoms with Gasteiger partial charge in [-0.1, -0.05) is 11.8 Å². The molecule has 0 spiro atoms. The first-order valence-electron chi connectivity index (χ1n) is 3.87. The summed E-state index contributed by atoms with van der Waals surface area (Å²) in [6.07, 6.45) is 3.95. The molecule has 2 aromatic rings. The monoisotopic (exact) mass is 227 g/mol. The van der Waals surface area contributed by atoms with E-state index in [1.807, 2.05) is 22.2 Å². The fourth-order valence-corrected chi connectivity index (χ4v) is 2.26. The van der Waals surface area contributed by atoms with E-state index in [-0.39, 0.29) is 0 Å². The first-order chi connectivity index (χ1) is 6.79. The van der Waals surface area contributed by atoms with Crippen LogP contribution >= 0.6 is 23.1 Å². The van der Waals surface area contributed by atoms with Crippen molar-refractivity contribution in [1.29, 1.82) is 0 Å². The Hall–Kier alpha value is -1.21. The Morgan fingerprint density at radius 2 is 2.57 bits per heavy atom. The fourth-order valence-electron chi connectivity index (χ4n) is 1.03. The number of imidazole rings is 1. The van der Waals surface area contributed by atoms with Crippen molar-refractivity contribution in [2.45, 2.75) is 5.75 Å². The van der Waals surface area contributed by atoms with E-state index in [0.717, 1.165) is 10.7 Å². The number of aromatic nitrogens is 2. The van der Waals surface area contributed by atoms with E-state index in [4.69, 9.17) is 11.6 Å². The molecular weight excluding hydrogens is 218 g/mol. The Labute approximate surface area is 88.8 Å². The van der Waals surface area contributed by atoms with Crippen LogP contribution in [0.5, 0.6) is 0 Å². The van der Waals surface area contributed by atoms with Gasteiger partial charge in [-0.05, 0) is 0 Å². The molecule has 2 rings (SSSR count). The van der Waals surface area contributed by atoms with Crippen LogP contribution in [0.1, 0.15) is 5.69 Å². The Morgan fingerprint density at radius 3 is 3.29 bits per heavy atom. The predicted octanol–water partition coefficient (Wildman–Crippen LogP) is 0.817. The summed E-state index contributed by atoms with van der Waals surface area (Å²) < 4.78 is 1.98. The number of nitrogens with zero attached hydrogens (tertiary/aromatic N) is 3. The molecule has 14 heavy (non-hydrogen) atoms. The molecule has 0 bridgehead atoms. The summed E-state index contributed by atoms with van der Waals surface area (Å²) in [5.41, 5.74) is 6.43. The number of hydrogen-bond acceptors (Lipinski definition) is 5. The number of rotatable bonds is 2. The Bertz CT molecular complexity index is 429.